The van der Waals surface area contributed by atoms with Crippen LogP contribution in [0, 0.1) is 11.8 Å². The molecule has 1 aromatic rings. The highest BCUT2D eigenvalue weighted by Crippen LogP contribution is 2.06. The molecule has 0 aliphatic rings. The lowest BCUT2D eigenvalue weighted by Crippen LogP contribution is -1.95. The van der Waals surface area contributed by atoms with Crippen LogP contribution in [0.5, 0.6) is 0 Å². The van der Waals surface area contributed by atoms with E-state index in [9.17, 15) is 0 Å². The summed E-state index contributed by atoms with van der Waals surface area (Å²) in [6.45, 7) is 1.81. The Hall–Kier alpha value is -1.49. The first-order valence-corrected chi connectivity index (χ1v) is 3.43. The third-order valence-corrected chi connectivity index (χ3v) is 1.38. The Morgan fingerprint density at radius 2 is 2.45 bits per heavy atom. The van der Waals surface area contributed by atoms with E-state index >= 15 is 0 Å². The van der Waals surface area contributed by atoms with Crippen molar-refractivity contribution in [2.75, 3.05) is 5.73 Å². The number of nitrogens with zero attached hydrogens (tertiary/aromatic N) is 1. The Balaban J connectivity index is 2.83. The zero-order valence-corrected chi connectivity index (χ0v) is 6.46. The Bertz CT molecular complexity index is 294. The van der Waals surface area contributed by atoms with Gasteiger partial charge >= 0.3 is 0 Å². The average Bonchev–Trinajstić information content (AvgIpc) is 2.03. The molecule has 2 heteroatoms. The molecule has 0 atom stereocenters. The van der Waals surface area contributed by atoms with Crippen molar-refractivity contribution in [2.24, 2.45) is 0 Å². The van der Waals surface area contributed by atoms with Crippen LogP contribution >= 0.6 is 0 Å². The normalized spacial score (nSPS) is 8.45. The number of aromatic nitrogens is 1. The maximum Gasteiger partial charge on any atom is 0.127 e. The lowest BCUT2D eigenvalue weighted by Gasteiger charge is -1.97. The van der Waals surface area contributed by atoms with Gasteiger partial charge in [0.15, 0.2) is 0 Å². The molecule has 0 radical (unpaired) electrons. The van der Waals surface area contributed by atoms with Crippen LogP contribution in [-0.4, -0.2) is 4.98 Å². The molecule has 0 spiro atoms. The van der Waals surface area contributed by atoms with Gasteiger partial charge in [-0.15, -0.1) is 5.92 Å². The second-order valence-electron chi connectivity index (χ2n) is 2.15. The standard InChI is InChI=1S/C9H10N2/c1-2-3-5-8-6-4-7-11-9(8)10/h4,6-7H,5H2,1H3,(H2,10,11). The van der Waals surface area contributed by atoms with Gasteiger partial charge in [0.25, 0.3) is 0 Å². The van der Waals surface area contributed by atoms with Crippen molar-refractivity contribution < 1.29 is 0 Å². The van der Waals surface area contributed by atoms with Gasteiger partial charge in [-0.3, -0.25) is 0 Å². The van der Waals surface area contributed by atoms with Crippen LogP contribution in [0.1, 0.15) is 12.5 Å². The summed E-state index contributed by atoms with van der Waals surface area (Å²) in [6.07, 6.45) is 2.37. The van der Waals surface area contributed by atoms with Crippen LogP contribution in [0.3, 0.4) is 0 Å². The molecule has 0 saturated heterocycles. The third-order valence-electron chi connectivity index (χ3n) is 1.38. The number of nitrogen functional groups attached to an aromatic ring is 1. The van der Waals surface area contributed by atoms with E-state index in [4.69, 9.17) is 5.73 Å². The Kier molecular flexibility index (Phi) is 2.51. The molecule has 0 aliphatic carbocycles. The minimum Gasteiger partial charge on any atom is -0.383 e. The zero-order valence-electron chi connectivity index (χ0n) is 6.46. The minimum absolute atomic E-state index is 0.579. The molecular weight excluding hydrogens is 136 g/mol. The predicted molar refractivity (Wildman–Crippen MR) is 45.8 cm³/mol. The first-order valence-electron chi connectivity index (χ1n) is 3.43. The van der Waals surface area contributed by atoms with Crippen molar-refractivity contribution in [1.82, 2.24) is 4.98 Å². The van der Waals surface area contributed by atoms with Crippen molar-refractivity contribution in [3.63, 3.8) is 0 Å². The van der Waals surface area contributed by atoms with Gasteiger partial charge in [0.1, 0.15) is 5.82 Å². The average molecular weight is 146 g/mol. The first kappa shape index (κ1) is 7.62. The van der Waals surface area contributed by atoms with Crippen LogP contribution in [0.4, 0.5) is 5.82 Å². The number of rotatable bonds is 1. The Morgan fingerprint density at radius 3 is 3.09 bits per heavy atom. The third kappa shape index (κ3) is 1.98. The highest BCUT2D eigenvalue weighted by Gasteiger charge is 1.94. The highest BCUT2D eigenvalue weighted by atomic mass is 14.8. The molecule has 1 heterocycles. The van der Waals surface area contributed by atoms with E-state index in [0.29, 0.717) is 12.2 Å². The SMILES string of the molecule is CC#CCc1cccnc1N. The lowest BCUT2D eigenvalue weighted by molar-refractivity contribution is 1.22. The zero-order chi connectivity index (χ0) is 8.10. The van der Waals surface area contributed by atoms with Crippen LogP contribution in [0.2, 0.25) is 0 Å². The Labute approximate surface area is 66.4 Å². The molecule has 0 aliphatic heterocycles. The van der Waals surface area contributed by atoms with Crippen LogP contribution < -0.4 is 5.73 Å². The molecule has 0 saturated carbocycles. The van der Waals surface area contributed by atoms with Crippen molar-refractivity contribution in [1.29, 1.82) is 0 Å². The minimum atomic E-state index is 0.579. The van der Waals surface area contributed by atoms with Crippen molar-refractivity contribution in [3.8, 4) is 11.8 Å². The van der Waals surface area contributed by atoms with E-state index in [0.717, 1.165) is 5.56 Å². The fourth-order valence-electron chi connectivity index (χ4n) is 0.784. The van der Waals surface area contributed by atoms with E-state index in [1.165, 1.54) is 0 Å². The monoisotopic (exact) mass is 146 g/mol. The number of anilines is 1. The summed E-state index contributed by atoms with van der Waals surface area (Å²) in [5, 5.41) is 0. The molecule has 2 nitrogen and oxygen atoms in total. The van der Waals surface area contributed by atoms with Crippen LogP contribution in [0.15, 0.2) is 18.3 Å². The molecule has 11 heavy (non-hydrogen) atoms. The maximum atomic E-state index is 5.58. The summed E-state index contributed by atoms with van der Waals surface area (Å²) in [7, 11) is 0. The van der Waals surface area contributed by atoms with Gasteiger partial charge in [-0.1, -0.05) is 12.0 Å². The first-order chi connectivity index (χ1) is 5.34. The fourth-order valence-corrected chi connectivity index (χ4v) is 0.784. The smallest absolute Gasteiger partial charge is 0.127 e. The Morgan fingerprint density at radius 1 is 1.64 bits per heavy atom. The van der Waals surface area contributed by atoms with Crippen molar-refractivity contribution in [3.05, 3.63) is 23.9 Å². The van der Waals surface area contributed by atoms with E-state index in [-0.39, 0.29) is 0 Å². The molecule has 0 bridgehead atoms. The molecule has 1 rings (SSSR count). The molecule has 1 aromatic heterocycles. The predicted octanol–water partition coefficient (Wildman–Crippen LogP) is 1.23. The summed E-state index contributed by atoms with van der Waals surface area (Å²) >= 11 is 0. The largest absolute Gasteiger partial charge is 0.383 e. The summed E-state index contributed by atoms with van der Waals surface area (Å²) in [5.74, 6) is 6.32. The topological polar surface area (TPSA) is 38.9 Å². The number of hydrogen-bond donors (Lipinski definition) is 1. The number of hydrogen-bond acceptors (Lipinski definition) is 2. The van der Waals surface area contributed by atoms with Crippen LogP contribution in [-0.2, 0) is 6.42 Å². The molecule has 0 amide bonds. The van der Waals surface area contributed by atoms with Gasteiger partial charge in [-0.25, -0.2) is 4.98 Å². The maximum absolute atomic E-state index is 5.58. The highest BCUT2D eigenvalue weighted by molar-refractivity contribution is 5.40. The number of nitrogens with two attached hydrogens (primary N) is 1. The summed E-state index contributed by atoms with van der Waals surface area (Å²) in [6, 6.07) is 3.80. The quantitative estimate of drug-likeness (QED) is 0.605. The van der Waals surface area contributed by atoms with Crippen molar-refractivity contribution in [2.45, 2.75) is 13.3 Å². The van der Waals surface area contributed by atoms with E-state index in [2.05, 4.69) is 16.8 Å². The van der Waals surface area contributed by atoms with Gasteiger partial charge in [-0.05, 0) is 13.0 Å². The van der Waals surface area contributed by atoms with Crippen LogP contribution in [0.25, 0.3) is 0 Å². The van der Waals surface area contributed by atoms with Crippen molar-refractivity contribution >= 4 is 5.82 Å². The molecule has 0 fully saturated rings. The van der Waals surface area contributed by atoms with Gasteiger partial charge in [-0.2, -0.15) is 0 Å². The molecule has 0 unspecified atom stereocenters. The molecule has 2 N–H and O–H groups in total. The second-order valence-corrected chi connectivity index (χ2v) is 2.15. The van der Waals surface area contributed by atoms with E-state index < -0.39 is 0 Å². The summed E-state index contributed by atoms with van der Waals surface area (Å²) in [4.78, 5) is 3.94. The summed E-state index contributed by atoms with van der Waals surface area (Å²) in [5.41, 5.74) is 6.58. The van der Waals surface area contributed by atoms with E-state index in [1.807, 2.05) is 19.1 Å². The van der Waals surface area contributed by atoms with E-state index in [1.54, 1.807) is 6.20 Å². The summed E-state index contributed by atoms with van der Waals surface area (Å²) < 4.78 is 0. The van der Waals surface area contributed by atoms with Gasteiger partial charge < -0.3 is 5.73 Å². The number of pyridine rings is 1. The fraction of sp³-hybridized carbons (Fsp3) is 0.222. The lowest BCUT2D eigenvalue weighted by atomic mass is 10.2. The van der Waals surface area contributed by atoms with Gasteiger partial charge in [0.05, 0.1) is 0 Å². The molecule has 0 aromatic carbocycles. The molecule has 56 valence electrons. The second kappa shape index (κ2) is 3.62. The van der Waals surface area contributed by atoms with Gasteiger partial charge in [0.2, 0.25) is 0 Å². The molecular formula is C9H10N2. The van der Waals surface area contributed by atoms with Gasteiger partial charge in [0, 0.05) is 18.2 Å².